The molecular weight excluding hydrogens is 323 g/mol. The highest BCUT2D eigenvalue weighted by Gasteiger charge is 2.18. The van der Waals surface area contributed by atoms with Crippen molar-refractivity contribution in [1.82, 2.24) is 0 Å². The van der Waals surface area contributed by atoms with E-state index in [9.17, 15) is 4.57 Å². The van der Waals surface area contributed by atoms with Crippen molar-refractivity contribution in [2.45, 2.75) is 123 Å². The van der Waals surface area contributed by atoms with Crippen LogP contribution in [0.15, 0.2) is 0 Å². The van der Waals surface area contributed by atoms with Gasteiger partial charge < -0.3 is 9.79 Å². The monoisotopic (exact) mass is 364 g/mol. The Labute approximate surface area is 150 Å². The van der Waals surface area contributed by atoms with Crippen LogP contribution >= 0.6 is 7.82 Å². The fraction of sp³-hybridized carbons (Fsp3) is 1.00. The van der Waals surface area contributed by atoms with Crippen molar-refractivity contribution in [3.63, 3.8) is 0 Å². The third-order valence-corrected chi connectivity index (χ3v) is 5.17. The first-order valence-corrected chi connectivity index (χ1v) is 11.7. The number of hydrogen-bond acceptors (Lipinski definition) is 2. The molecule has 0 aromatic carbocycles. The molecule has 0 bridgehead atoms. The van der Waals surface area contributed by atoms with Crippen LogP contribution in [0, 0.1) is 0 Å². The largest absolute Gasteiger partial charge is 0.469 e. The molecule has 4 nitrogen and oxygen atoms in total. The van der Waals surface area contributed by atoms with Crippen LogP contribution in [0.3, 0.4) is 0 Å². The minimum absolute atomic E-state index is 0.354. The average molecular weight is 365 g/mol. The summed E-state index contributed by atoms with van der Waals surface area (Å²) in [4.78, 5) is 17.4. The van der Waals surface area contributed by atoms with E-state index in [1.54, 1.807) is 6.92 Å². The van der Waals surface area contributed by atoms with Crippen LogP contribution in [0.5, 0.6) is 0 Å². The molecule has 0 saturated heterocycles. The van der Waals surface area contributed by atoms with Gasteiger partial charge in [0.05, 0.1) is 6.10 Å². The van der Waals surface area contributed by atoms with Crippen LogP contribution in [-0.2, 0) is 9.09 Å². The van der Waals surface area contributed by atoms with E-state index >= 15 is 0 Å². The Bertz CT molecular complexity index is 304. The van der Waals surface area contributed by atoms with Crippen molar-refractivity contribution in [1.29, 1.82) is 0 Å². The first-order valence-electron chi connectivity index (χ1n) is 10.2. The van der Waals surface area contributed by atoms with Gasteiger partial charge in [-0.15, -0.1) is 0 Å². The molecule has 1 atom stereocenters. The van der Waals surface area contributed by atoms with Crippen LogP contribution in [0.25, 0.3) is 0 Å². The van der Waals surface area contributed by atoms with Crippen LogP contribution < -0.4 is 0 Å². The zero-order chi connectivity index (χ0) is 18.1. The second-order valence-electron chi connectivity index (χ2n) is 7.15. The minimum Gasteiger partial charge on any atom is -0.303 e. The lowest BCUT2D eigenvalue weighted by atomic mass is 10.0. The summed E-state index contributed by atoms with van der Waals surface area (Å²) in [5, 5.41) is 0. The van der Waals surface area contributed by atoms with Gasteiger partial charge in [-0.25, -0.2) is 4.57 Å². The van der Waals surface area contributed by atoms with E-state index in [0.29, 0.717) is 0 Å². The molecule has 0 aliphatic carbocycles. The first kappa shape index (κ1) is 24.1. The molecule has 0 amide bonds. The summed E-state index contributed by atoms with van der Waals surface area (Å²) in [7, 11) is -4.31. The molecule has 0 aliphatic heterocycles. The van der Waals surface area contributed by atoms with Gasteiger partial charge in [0.2, 0.25) is 0 Å². The SMILES string of the molecule is CCCCCCCCCCCCCCCCCC(C)OP(=O)(O)O. The topological polar surface area (TPSA) is 66.8 Å². The molecule has 0 rings (SSSR count). The first-order chi connectivity index (χ1) is 11.5. The standard InChI is InChI=1S/C19H41O4P/c1-3-4-5-6-7-8-9-10-11-12-13-14-15-16-17-18-19(2)23-24(20,21)22/h19H,3-18H2,1-2H3,(H2,20,21,22). The molecule has 24 heavy (non-hydrogen) atoms. The van der Waals surface area contributed by atoms with E-state index in [2.05, 4.69) is 11.4 Å². The lowest BCUT2D eigenvalue weighted by molar-refractivity contribution is 0.136. The summed E-state index contributed by atoms with van der Waals surface area (Å²) < 4.78 is 15.3. The predicted octanol–water partition coefficient (Wildman–Crippen LogP) is 6.75. The van der Waals surface area contributed by atoms with Crippen LogP contribution in [0.1, 0.15) is 117 Å². The van der Waals surface area contributed by atoms with Gasteiger partial charge in [0.15, 0.2) is 0 Å². The highest BCUT2D eigenvalue weighted by Crippen LogP contribution is 2.38. The Balaban J connectivity index is 3.14. The second-order valence-corrected chi connectivity index (χ2v) is 8.34. The molecule has 5 heteroatoms. The van der Waals surface area contributed by atoms with E-state index < -0.39 is 7.82 Å². The molecule has 1 unspecified atom stereocenters. The zero-order valence-electron chi connectivity index (χ0n) is 16.0. The van der Waals surface area contributed by atoms with Crippen LogP contribution in [0.4, 0.5) is 0 Å². The lowest BCUT2D eigenvalue weighted by Gasteiger charge is -2.13. The second kappa shape index (κ2) is 16.6. The summed E-state index contributed by atoms with van der Waals surface area (Å²) in [5.41, 5.74) is 0. The molecular formula is C19H41O4P. The van der Waals surface area contributed by atoms with Gasteiger partial charge in [-0.1, -0.05) is 103 Å². The lowest BCUT2D eigenvalue weighted by Crippen LogP contribution is -2.05. The van der Waals surface area contributed by atoms with E-state index in [1.165, 1.54) is 83.5 Å². The summed E-state index contributed by atoms with van der Waals surface area (Å²) in [6, 6.07) is 0. The molecule has 146 valence electrons. The van der Waals surface area contributed by atoms with Gasteiger partial charge >= 0.3 is 7.82 Å². The zero-order valence-corrected chi connectivity index (χ0v) is 16.9. The maximum Gasteiger partial charge on any atom is 0.469 e. The Morgan fingerprint density at radius 3 is 1.38 bits per heavy atom. The van der Waals surface area contributed by atoms with Crippen LogP contribution in [-0.4, -0.2) is 15.9 Å². The van der Waals surface area contributed by atoms with Gasteiger partial charge in [0, 0.05) is 0 Å². The Morgan fingerprint density at radius 2 is 1.04 bits per heavy atom. The number of phosphoric acid groups is 1. The summed E-state index contributed by atoms with van der Waals surface area (Å²) >= 11 is 0. The third kappa shape index (κ3) is 20.2. The maximum absolute atomic E-state index is 10.7. The Hall–Kier alpha value is 0.110. The number of unbranched alkanes of at least 4 members (excludes halogenated alkanes) is 14. The van der Waals surface area contributed by atoms with Gasteiger partial charge in [0.1, 0.15) is 0 Å². The van der Waals surface area contributed by atoms with E-state index in [4.69, 9.17) is 9.79 Å². The maximum atomic E-state index is 10.7. The van der Waals surface area contributed by atoms with Crippen molar-refractivity contribution in [2.24, 2.45) is 0 Å². The van der Waals surface area contributed by atoms with Crippen molar-refractivity contribution in [3.8, 4) is 0 Å². The van der Waals surface area contributed by atoms with E-state index in [-0.39, 0.29) is 6.10 Å². The van der Waals surface area contributed by atoms with Crippen molar-refractivity contribution in [3.05, 3.63) is 0 Å². The van der Waals surface area contributed by atoms with Gasteiger partial charge in [-0.05, 0) is 13.3 Å². The van der Waals surface area contributed by atoms with Gasteiger partial charge in [-0.3, -0.25) is 4.52 Å². The van der Waals surface area contributed by atoms with E-state index in [0.717, 1.165) is 19.3 Å². The van der Waals surface area contributed by atoms with Gasteiger partial charge in [0.25, 0.3) is 0 Å². The smallest absolute Gasteiger partial charge is 0.303 e. The summed E-state index contributed by atoms with van der Waals surface area (Å²) in [6.45, 7) is 3.99. The summed E-state index contributed by atoms with van der Waals surface area (Å²) in [6.07, 6.45) is 20.3. The van der Waals surface area contributed by atoms with Crippen molar-refractivity contribution in [2.75, 3.05) is 0 Å². The molecule has 0 radical (unpaired) electrons. The predicted molar refractivity (Wildman–Crippen MR) is 102 cm³/mol. The fourth-order valence-corrected chi connectivity index (χ4v) is 3.66. The Kier molecular flexibility index (Phi) is 16.6. The third-order valence-electron chi connectivity index (χ3n) is 4.53. The molecule has 0 spiro atoms. The van der Waals surface area contributed by atoms with E-state index in [1.807, 2.05) is 0 Å². The molecule has 0 heterocycles. The van der Waals surface area contributed by atoms with Crippen molar-refractivity contribution >= 4 is 7.82 Å². The summed E-state index contributed by atoms with van der Waals surface area (Å²) in [5.74, 6) is 0. The minimum atomic E-state index is -4.31. The molecule has 0 aromatic heterocycles. The highest BCUT2D eigenvalue weighted by atomic mass is 31.2. The Morgan fingerprint density at radius 1 is 0.708 bits per heavy atom. The average Bonchev–Trinajstić information content (AvgIpc) is 2.49. The number of hydrogen-bond donors (Lipinski definition) is 2. The molecule has 0 aromatic rings. The van der Waals surface area contributed by atoms with Gasteiger partial charge in [-0.2, -0.15) is 0 Å². The molecule has 0 aliphatic rings. The number of phosphoric ester groups is 1. The molecule has 0 fully saturated rings. The molecule has 0 saturated carbocycles. The fourth-order valence-electron chi connectivity index (χ4n) is 3.09. The quantitative estimate of drug-likeness (QED) is 0.209. The van der Waals surface area contributed by atoms with Crippen LogP contribution in [0.2, 0.25) is 0 Å². The normalized spacial score (nSPS) is 13.3. The molecule has 2 N–H and O–H groups in total. The highest BCUT2D eigenvalue weighted by molar-refractivity contribution is 7.46. The van der Waals surface area contributed by atoms with Crippen molar-refractivity contribution < 1.29 is 18.9 Å². The number of rotatable bonds is 18.